The van der Waals surface area contributed by atoms with Crippen LogP contribution in [0.3, 0.4) is 0 Å². The third-order valence-corrected chi connectivity index (χ3v) is 4.97. The number of hydrogen-bond donors (Lipinski definition) is 2. The number of carboxylic acid groups (broad SMARTS) is 2. The Kier molecular flexibility index (Phi) is 8.76. The van der Waals surface area contributed by atoms with Crippen LogP contribution in [0.5, 0.6) is 0 Å². The highest BCUT2D eigenvalue weighted by Crippen LogP contribution is 2.40. The number of carbonyl (C=O) groups excluding carboxylic acids is 1. The summed E-state index contributed by atoms with van der Waals surface area (Å²) in [5.41, 5.74) is -0.0333. The van der Waals surface area contributed by atoms with Crippen LogP contribution in [-0.4, -0.2) is 76.4 Å². The van der Waals surface area contributed by atoms with Gasteiger partial charge in [0.2, 0.25) is 0 Å². The molecule has 0 radical (unpaired) electrons. The highest BCUT2D eigenvalue weighted by molar-refractivity contribution is 6.27. The highest BCUT2D eigenvalue weighted by Gasteiger charge is 2.39. The van der Waals surface area contributed by atoms with Crippen molar-refractivity contribution in [2.24, 2.45) is 5.41 Å². The van der Waals surface area contributed by atoms with Crippen molar-refractivity contribution < 1.29 is 29.3 Å². The van der Waals surface area contributed by atoms with Crippen LogP contribution in [0.1, 0.15) is 52.9 Å². The molecule has 1 spiro atoms. The third-order valence-electron chi connectivity index (χ3n) is 4.97. The second-order valence-electron chi connectivity index (χ2n) is 8.41. The van der Waals surface area contributed by atoms with Crippen LogP contribution in [0.4, 0.5) is 4.79 Å². The zero-order valence-electron chi connectivity index (χ0n) is 17.1. The van der Waals surface area contributed by atoms with E-state index in [2.05, 4.69) is 10.8 Å². The largest absolute Gasteiger partial charge is 0.473 e. The van der Waals surface area contributed by atoms with Gasteiger partial charge in [-0.2, -0.15) is 0 Å². The lowest BCUT2D eigenvalue weighted by Gasteiger charge is -2.47. The highest BCUT2D eigenvalue weighted by atomic mass is 16.6. The number of hydrogen-bond acceptors (Lipinski definition) is 5. The third kappa shape index (κ3) is 8.17. The summed E-state index contributed by atoms with van der Waals surface area (Å²) in [7, 11) is 0. The van der Waals surface area contributed by atoms with Crippen LogP contribution in [-0.2, 0) is 14.3 Å². The van der Waals surface area contributed by atoms with Gasteiger partial charge in [0.05, 0.1) is 0 Å². The maximum absolute atomic E-state index is 12.2. The molecule has 0 atom stereocenters. The van der Waals surface area contributed by atoms with E-state index < -0.39 is 17.5 Å². The molecule has 2 heterocycles. The Balaban J connectivity index is 0.000000568. The zero-order valence-corrected chi connectivity index (χ0v) is 17.1. The molecular formula is C20H32N2O6. The fourth-order valence-corrected chi connectivity index (χ4v) is 3.62. The summed E-state index contributed by atoms with van der Waals surface area (Å²) in [6.45, 7) is 10.7. The van der Waals surface area contributed by atoms with Gasteiger partial charge in [0, 0.05) is 32.6 Å². The molecule has 2 rings (SSSR count). The Morgan fingerprint density at radius 2 is 1.64 bits per heavy atom. The van der Waals surface area contributed by atoms with E-state index in [1.165, 1.54) is 19.4 Å². The Hall–Kier alpha value is -2.27. The number of rotatable bonds is 2. The number of amides is 1. The van der Waals surface area contributed by atoms with E-state index >= 15 is 0 Å². The second kappa shape index (κ2) is 10.3. The summed E-state index contributed by atoms with van der Waals surface area (Å²) in [6, 6.07) is 0. The summed E-state index contributed by atoms with van der Waals surface area (Å²) in [5.74, 6) is -0.909. The smallest absolute Gasteiger partial charge is 0.414 e. The van der Waals surface area contributed by atoms with E-state index in [0.717, 1.165) is 45.4 Å². The van der Waals surface area contributed by atoms with Gasteiger partial charge in [-0.1, -0.05) is 0 Å². The fraction of sp³-hybridized carbons (Fsp3) is 0.750. The van der Waals surface area contributed by atoms with Gasteiger partial charge in [-0.25, -0.2) is 14.4 Å². The Morgan fingerprint density at radius 1 is 1.07 bits per heavy atom. The molecular weight excluding hydrogens is 364 g/mol. The molecule has 2 saturated heterocycles. The van der Waals surface area contributed by atoms with E-state index in [9.17, 15) is 4.79 Å². The van der Waals surface area contributed by atoms with Crippen molar-refractivity contribution in [1.82, 2.24) is 9.80 Å². The minimum Gasteiger partial charge on any atom is -0.473 e. The van der Waals surface area contributed by atoms with Crippen molar-refractivity contribution in [3.05, 3.63) is 0 Å². The molecule has 0 saturated carbocycles. The van der Waals surface area contributed by atoms with Crippen molar-refractivity contribution in [3.8, 4) is 12.3 Å². The van der Waals surface area contributed by atoms with Gasteiger partial charge in [-0.15, -0.1) is 12.3 Å². The van der Waals surface area contributed by atoms with E-state index in [-0.39, 0.29) is 6.09 Å². The van der Waals surface area contributed by atoms with Gasteiger partial charge >= 0.3 is 18.0 Å². The molecule has 8 heteroatoms. The predicted octanol–water partition coefficient (Wildman–Crippen LogP) is 2.28. The van der Waals surface area contributed by atoms with E-state index in [0.29, 0.717) is 5.41 Å². The first-order chi connectivity index (χ1) is 13.0. The summed E-state index contributed by atoms with van der Waals surface area (Å²) in [6.07, 6.45) is 10.7. The maximum Gasteiger partial charge on any atom is 0.414 e. The standard InChI is InChI=1S/C18H30N2O2.C2H2O4/c1-5-6-11-19-12-7-8-18(15-19)9-13-20(14-10-18)16(21)22-17(2,3)4;3-1(4)2(5)6/h1H,6-15H2,2-4H3;(H,3,4)(H,5,6). The van der Waals surface area contributed by atoms with Gasteiger partial charge in [-0.05, 0) is 58.4 Å². The quantitative estimate of drug-likeness (QED) is 0.544. The second-order valence-corrected chi connectivity index (χ2v) is 8.41. The molecule has 0 unspecified atom stereocenters. The number of piperidine rings is 2. The Bertz CT molecular complexity index is 585. The normalized spacial score (nSPS) is 19.1. The minimum atomic E-state index is -1.82. The molecule has 0 bridgehead atoms. The molecule has 2 aliphatic heterocycles. The number of likely N-dealkylation sites (tertiary alicyclic amines) is 2. The Labute approximate surface area is 166 Å². The predicted molar refractivity (Wildman–Crippen MR) is 104 cm³/mol. The molecule has 0 aromatic heterocycles. The van der Waals surface area contributed by atoms with Crippen LogP contribution < -0.4 is 0 Å². The number of carboxylic acids is 2. The summed E-state index contributed by atoms with van der Waals surface area (Å²) in [5, 5.41) is 14.8. The lowest BCUT2D eigenvalue weighted by Crippen LogP contribution is -2.51. The van der Waals surface area contributed by atoms with Crippen LogP contribution >= 0.6 is 0 Å². The summed E-state index contributed by atoms with van der Waals surface area (Å²) in [4.78, 5) is 34.7. The number of aliphatic carboxylic acids is 2. The van der Waals surface area contributed by atoms with Crippen molar-refractivity contribution in [1.29, 1.82) is 0 Å². The molecule has 0 aliphatic carbocycles. The van der Waals surface area contributed by atoms with E-state index in [1.54, 1.807) is 0 Å². The SMILES string of the molecule is C#CCCN1CCCC2(CCN(C(=O)OC(C)(C)C)CC2)C1.O=C(O)C(=O)O. The van der Waals surface area contributed by atoms with Gasteiger partial charge in [0.15, 0.2) is 0 Å². The van der Waals surface area contributed by atoms with Crippen molar-refractivity contribution >= 4 is 18.0 Å². The number of nitrogens with zero attached hydrogens (tertiary/aromatic N) is 2. The Morgan fingerprint density at radius 3 is 2.11 bits per heavy atom. The fourth-order valence-electron chi connectivity index (χ4n) is 3.62. The summed E-state index contributed by atoms with van der Waals surface area (Å²) < 4.78 is 5.48. The number of carbonyl (C=O) groups is 3. The monoisotopic (exact) mass is 396 g/mol. The van der Waals surface area contributed by atoms with Crippen LogP contribution in [0, 0.1) is 17.8 Å². The minimum absolute atomic E-state index is 0.164. The van der Waals surface area contributed by atoms with Gasteiger partial charge in [-0.3, -0.25) is 0 Å². The van der Waals surface area contributed by atoms with Crippen molar-refractivity contribution in [2.75, 3.05) is 32.7 Å². The van der Waals surface area contributed by atoms with Crippen LogP contribution in [0.2, 0.25) is 0 Å². The van der Waals surface area contributed by atoms with E-state index in [1.807, 2.05) is 25.7 Å². The van der Waals surface area contributed by atoms with E-state index in [4.69, 9.17) is 31.0 Å². The molecule has 158 valence electrons. The first kappa shape index (κ1) is 23.8. The lowest BCUT2D eigenvalue weighted by molar-refractivity contribution is -0.159. The average molecular weight is 396 g/mol. The van der Waals surface area contributed by atoms with Crippen molar-refractivity contribution in [2.45, 2.75) is 58.5 Å². The molecule has 2 N–H and O–H groups in total. The maximum atomic E-state index is 12.2. The average Bonchev–Trinajstić information content (AvgIpc) is 2.59. The summed E-state index contributed by atoms with van der Waals surface area (Å²) >= 11 is 0. The van der Waals surface area contributed by atoms with Crippen molar-refractivity contribution in [3.63, 3.8) is 0 Å². The van der Waals surface area contributed by atoms with Gasteiger partial charge < -0.3 is 24.7 Å². The molecule has 0 aromatic rings. The molecule has 2 aliphatic rings. The first-order valence-electron chi connectivity index (χ1n) is 9.58. The molecule has 28 heavy (non-hydrogen) atoms. The first-order valence-corrected chi connectivity index (χ1v) is 9.58. The lowest BCUT2D eigenvalue weighted by atomic mass is 9.72. The molecule has 0 aromatic carbocycles. The number of terminal acetylenes is 1. The van der Waals surface area contributed by atoms with Gasteiger partial charge in [0.25, 0.3) is 0 Å². The zero-order chi connectivity index (χ0) is 21.4. The molecule has 8 nitrogen and oxygen atoms in total. The van der Waals surface area contributed by atoms with Crippen LogP contribution in [0.15, 0.2) is 0 Å². The molecule has 1 amide bonds. The van der Waals surface area contributed by atoms with Crippen LogP contribution in [0.25, 0.3) is 0 Å². The molecule has 2 fully saturated rings. The number of ether oxygens (including phenoxy) is 1. The van der Waals surface area contributed by atoms with Gasteiger partial charge in [0.1, 0.15) is 5.60 Å². The topological polar surface area (TPSA) is 107 Å².